The van der Waals surface area contributed by atoms with Crippen LogP contribution in [0.5, 0.6) is 11.5 Å². The van der Waals surface area contributed by atoms with Crippen LogP contribution in [0.25, 0.3) is 11.1 Å². The van der Waals surface area contributed by atoms with E-state index in [9.17, 15) is 13.9 Å². The van der Waals surface area contributed by atoms with Crippen molar-refractivity contribution >= 4 is 16.6 Å². The van der Waals surface area contributed by atoms with E-state index in [4.69, 9.17) is 18.9 Å². The first-order chi connectivity index (χ1) is 20.8. The Hall–Kier alpha value is -3.04. The topological polar surface area (TPSA) is 94.5 Å². The van der Waals surface area contributed by atoms with E-state index in [1.54, 1.807) is 0 Å². The number of hydrogen-bond donors (Lipinski definition) is 2. The monoisotopic (exact) mass is 608 g/mol. The van der Waals surface area contributed by atoms with E-state index in [0.717, 1.165) is 54.7 Å². The molecule has 0 aromatic heterocycles. The number of ether oxygens (including phenoxy) is 4. The zero-order valence-corrected chi connectivity index (χ0v) is 26.1. The van der Waals surface area contributed by atoms with Gasteiger partial charge in [-0.2, -0.15) is 10.6 Å². The number of hydrogen-bond acceptors (Lipinski definition) is 7. The number of benzene rings is 3. The van der Waals surface area contributed by atoms with E-state index < -0.39 is 10.6 Å². The molecule has 1 fully saturated rings. The molecule has 1 aliphatic heterocycles. The van der Waals surface area contributed by atoms with Gasteiger partial charge in [0.25, 0.3) is 0 Å². The van der Waals surface area contributed by atoms with Gasteiger partial charge in [0.05, 0.1) is 26.7 Å². The van der Waals surface area contributed by atoms with Gasteiger partial charge in [0.2, 0.25) is 0 Å². The minimum Gasteiger partial charge on any atom is -0.493 e. The van der Waals surface area contributed by atoms with Crippen molar-refractivity contribution in [2.24, 2.45) is 5.92 Å². The summed E-state index contributed by atoms with van der Waals surface area (Å²) < 4.78 is 42.6. The van der Waals surface area contributed by atoms with Crippen LogP contribution in [0.1, 0.15) is 60.8 Å². The number of fused-ring (bicyclic) bond motifs is 3. The van der Waals surface area contributed by atoms with E-state index in [-0.39, 0.29) is 18.3 Å². The lowest BCUT2D eigenvalue weighted by Gasteiger charge is -2.39. The average Bonchev–Trinajstić information content (AvgIpc) is 3.20. The third kappa shape index (κ3) is 8.54. The van der Waals surface area contributed by atoms with E-state index >= 15 is 0 Å². The van der Waals surface area contributed by atoms with Gasteiger partial charge in [-0.05, 0) is 109 Å². The smallest absolute Gasteiger partial charge is 0.306 e. The largest absolute Gasteiger partial charge is 0.493 e. The van der Waals surface area contributed by atoms with Crippen molar-refractivity contribution in [1.29, 1.82) is 0 Å². The molecule has 1 atom stereocenters. The maximum Gasteiger partial charge on any atom is 0.306 e. The minimum atomic E-state index is -2.36. The molecule has 43 heavy (non-hydrogen) atoms. The van der Waals surface area contributed by atoms with Gasteiger partial charge in [0.15, 0.2) is 0 Å². The lowest BCUT2D eigenvalue weighted by atomic mass is 9.94. The number of carbonyl (C=O) groups excluding carboxylic acids is 1. The van der Waals surface area contributed by atoms with Crippen LogP contribution in [-0.2, 0) is 33.7 Å². The maximum absolute atomic E-state index is 11.9. The molecule has 7 nitrogen and oxygen atoms in total. The van der Waals surface area contributed by atoms with Gasteiger partial charge in [-0.3, -0.25) is 13.9 Å². The van der Waals surface area contributed by atoms with Crippen molar-refractivity contribution in [2.45, 2.75) is 58.0 Å². The predicted octanol–water partition coefficient (Wildman–Crippen LogP) is 7.64. The summed E-state index contributed by atoms with van der Waals surface area (Å²) >= 11 is 0. The fourth-order valence-electron chi connectivity index (χ4n) is 5.94. The second kappa shape index (κ2) is 14.6. The summed E-state index contributed by atoms with van der Waals surface area (Å²) in [4.78, 5) is 11.9. The van der Waals surface area contributed by atoms with Gasteiger partial charge < -0.3 is 18.9 Å². The Bertz CT molecular complexity index is 1360. The first kappa shape index (κ1) is 31.4. The van der Waals surface area contributed by atoms with Crippen LogP contribution in [0, 0.1) is 5.92 Å². The van der Waals surface area contributed by atoms with Crippen LogP contribution in [-0.4, -0.2) is 53.5 Å². The predicted molar refractivity (Wildman–Crippen MR) is 171 cm³/mol. The standard InChI is InChI=1S/C35H44O7S/c1-3-40-24-30(21-35(36)39-2)27-9-11-31(12-10-27)41-23-26-7-8-28-5-4-6-29-20-32(13-14-33(29)34(28)19-26)42-22-25-15-17-43(37,38)18-16-25/h7-14,19-20,25,30,37-38H,3-6,15-18,21-24H2,1-2H3. The van der Waals surface area contributed by atoms with Crippen molar-refractivity contribution in [3.63, 3.8) is 0 Å². The molecule has 232 valence electrons. The first-order valence-corrected chi connectivity index (χ1v) is 17.2. The van der Waals surface area contributed by atoms with Gasteiger partial charge in [-0.15, -0.1) is 0 Å². The molecule has 8 heteroatoms. The first-order valence-electron chi connectivity index (χ1n) is 15.3. The van der Waals surface area contributed by atoms with E-state index in [1.165, 1.54) is 29.4 Å². The lowest BCUT2D eigenvalue weighted by Crippen LogP contribution is -2.24. The van der Waals surface area contributed by atoms with Crippen LogP contribution in [0.2, 0.25) is 0 Å². The molecule has 1 aliphatic carbocycles. The normalized spacial score (nSPS) is 17.6. The Morgan fingerprint density at radius 3 is 2.40 bits per heavy atom. The Balaban J connectivity index is 1.23. The zero-order valence-electron chi connectivity index (χ0n) is 25.3. The summed E-state index contributed by atoms with van der Waals surface area (Å²) in [5, 5.41) is 0. The molecule has 0 radical (unpaired) electrons. The van der Waals surface area contributed by atoms with E-state index in [0.29, 0.717) is 43.9 Å². The Kier molecular flexibility index (Phi) is 10.7. The SMILES string of the molecule is CCOCC(CC(=O)OC)c1ccc(OCc2ccc3c(c2)-c2ccc(OCC4CCS(O)(O)CC4)cc2CCC3)cc1. The molecule has 0 bridgehead atoms. The molecule has 3 aromatic rings. The number of rotatable bonds is 12. The quantitative estimate of drug-likeness (QED) is 0.204. The van der Waals surface area contributed by atoms with Crippen LogP contribution in [0.15, 0.2) is 60.7 Å². The van der Waals surface area contributed by atoms with Crippen molar-refractivity contribution in [3.05, 3.63) is 82.9 Å². The molecular formula is C35H44O7S. The van der Waals surface area contributed by atoms with Crippen LogP contribution >= 0.6 is 10.6 Å². The number of methoxy groups -OCH3 is 1. The lowest BCUT2D eigenvalue weighted by molar-refractivity contribution is -0.141. The van der Waals surface area contributed by atoms with E-state index in [2.05, 4.69) is 36.4 Å². The van der Waals surface area contributed by atoms with Crippen molar-refractivity contribution in [2.75, 3.05) is 38.4 Å². The van der Waals surface area contributed by atoms with Gasteiger partial charge in [-0.1, -0.05) is 30.3 Å². The van der Waals surface area contributed by atoms with Crippen molar-refractivity contribution in [1.82, 2.24) is 0 Å². The number of carbonyl (C=O) groups is 1. The number of esters is 1. The summed E-state index contributed by atoms with van der Waals surface area (Å²) in [5.74, 6) is 2.70. The highest BCUT2D eigenvalue weighted by atomic mass is 32.3. The fourth-order valence-corrected chi connectivity index (χ4v) is 7.57. The maximum atomic E-state index is 11.9. The van der Waals surface area contributed by atoms with Gasteiger partial charge >= 0.3 is 5.97 Å². The minimum absolute atomic E-state index is 0.0620. The molecule has 2 N–H and O–H groups in total. The second-order valence-corrected chi connectivity index (χ2v) is 14.0. The highest BCUT2D eigenvalue weighted by Crippen LogP contribution is 2.45. The molecule has 0 amide bonds. The summed E-state index contributed by atoms with van der Waals surface area (Å²) in [5.41, 5.74) is 7.30. The summed E-state index contributed by atoms with van der Waals surface area (Å²) in [7, 11) is -0.955. The fraction of sp³-hybridized carbons (Fsp3) is 0.457. The van der Waals surface area contributed by atoms with Gasteiger partial charge in [-0.25, -0.2) is 0 Å². The Morgan fingerprint density at radius 2 is 1.65 bits per heavy atom. The Labute approximate surface area is 256 Å². The average molecular weight is 609 g/mol. The Morgan fingerprint density at radius 1 is 0.907 bits per heavy atom. The molecule has 1 heterocycles. The number of aryl methyl sites for hydroxylation is 2. The zero-order chi connectivity index (χ0) is 30.2. The molecular weight excluding hydrogens is 564 g/mol. The molecule has 0 spiro atoms. The molecule has 3 aromatic carbocycles. The van der Waals surface area contributed by atoms with Gasteiger partial charge in [0, 0.05) is 24.0 Å². The van der Waals surface area contributed by atoms with Crippen LogP contribution in [0.4, 0.5) is 0 Å². The molecule has 1 unspecified atom stereocenters. The van der Waals surface area contributed by atoms with Crippen molar-refractivity contribution < 1.29 is 32.8 Å². The van der Waals surface area contributed by atoms with Crippen LogP contribution < -0.4 is 9.47 Å². The third-order valence-corrected chi connectivity index (χ3v) is 10.3. The second-order valence-electron chi connectivity index (χ2n) is 11.6. The molecule has 5 rings (SSSR count). The molecule has 2 aliphatic rings. The van der Waals surface area contributed by atoms with Gasteiger partial charge in [0.1, 0.15) is 18.1 Å². The van der Waals surface area contributed by atoms with E-state index in [1.807, 2.05) is 31.2 Å². The molecule has 0 saturated carbocycles. The van der Waals surface area contributed by atoms with Crippen molar-refractivity contribution in [3.8, 4) is 22.6 Å². The highest BCUT2D eigenvalue weighted by Gasteiger charge is 2.25. The summed E-state index contributed by atoms with van der Waals surface area (Å²) in [6.45, 7) is 4.08. The summed E-state index contributed by atoms with van der Waals surface area (Å²) in [6, 6.07) is 21.0. The highest BCUT2D eigenvalue weighted by molar-refractivity contribution is 8.24. The summed E-state index contributed by atoms with van der Waals surface area (Å²) in [6.07, 6.45) is 5.01. The molecule has 1 saturated heterocycles. The van der Waals surface area contributed by atoms with Crippen LogP contribution in [0.3, 0.4) is 0 Å². The third-order valence-electron chi connectivity index (χ3n) is 8.55.